The summed E-state index contributed by atoms with van der Waals surface area (Å²) < 4.78 is 13.0. The Balaban J connectivity index is 1.47. The van der Waals surface area contributed by atoms with Crippen molar-refractivity contribution in [2.45, 2.75) is 32.6 Å². The van der Waals surface area contributed by atoms with Crippen LogP contribution in [0.5, 0.6) is 0 Å². The Morgan fingerprint density at radius 2 is 1.88 bits per heavy atom. The van der Waals surface area contributed by atoms with Crippen molar-refractivity contribution in [1.82, 2.24) is 9.88 Å². The van der Waals surface area contributed by atoms with E-state index in [1.807, 2.05) is 4.90 Å². The SMILES string of the molecule is CC(C)c1csc(CCC(=O)N2CCN(c3ccc(F)cc3)CC2)n1. The Labute approximate surface area is 152 Å². The number of benzene rings is 1. The molecule has 0 radical (unpaired) electrons. The zero-order valence-corrected chi connectivity index (χ0v) is 15.6. The van der Waals surface area contributed by atoms with Crippen molar-refractivity contribution in [1.29, 1.82) is 0 Å². The average molecular weight is 361 g/mol. The molecule has 134 valence electrons. The summed E-state index contributed by atoms with van der Waals surface area (Å²) in [4.78, 5) is 21.2. The summed E-state index contributed by atoms with van der Waals surface area (Å²) in [7, 11) is 0. The molecule has 0 atom stereocenters. The van der Waals surface area contributed by atoms with Crippen molar-refractivity contribution in [2.75, 3.05) is 31.1 Å². The van der Waals surface area contributed by atoms with E-state index in [0.717, 1.165) is 29.5 Å². The van der Waals surface area contributed by atoms with E-state index < -0.39 is 0 Å². The highest BCUT2D eigenvalue weighted by Crippen LogP contribution is 2.20. The van der Waals surface area contributed by atoms with Crippen LogP contribution < -0.4 is 4.90 Å². The minimum Gasteiger partial charge on any atom is -0.368 e. The highest BCUT2D eigenvalue weighted by molar-refractivity contribution is 7.09. The van der Waals surface area contributed by atoms with Gasteiger partial charge in [-0.3, -0.25) is 4.79 Å². The van der Waals surface area contributed by atoms with Gasteiger partial charge in [0.25, 0.3) is 0 Å². The van der Waals surface area contributed by atoms with Gasteiger partial charge in [-0.05, 0) is 30.2 Å². The summed E-state index contributed by atoms with van der Waals surface area (Å²) in [5.41, 5.74) is 2.12. The van der Waals surface area contributed by atoms with Gasteiger partial charge in [0.2, 0.25) is 5.91 Å². The minimum absolute atomic E-state index is 0.194. The standard InChI is InChI=1S/C19H24FN3OS/c1-14(2)17-13-25-18(21-17)7-8-19(24)23-11-9-22(10-12-23)16-5-3-15(20)4-6-16/h3-6,13-14H,7-12H2,1-2H3. The third kappa shape index (κ3) is 4.57. The summed E-state index contributed by atoms with van der Waals surface area (Å²) >= 11 is 1.64. The first-order valence-electron chi connectivity index (χ1n) is 8.75. The number of nitrogens with zero attached hydrogens (tertiary/aromatic N) is 3. The van der Waals surface area contributed by atoms with Crippen LogP contribution in [0.4, 0.5) is 10.1 Å². The fourth-order valence-electron chi connectivity index (χ4n) is 2.94. The van der Waals surface area contributed by atoms with Gasteiger partial charge in [-0.1, -0.05) is 13.8 Å². The number of carbonyl (C=O) groups excluding carboxylic acids is 1. The number of aromatic nitrogens is 1. The summed E-state index contributed by atoms with van der Waals surface area (Å²) in [6.45, 7) is 7.25. The van der Waals surface area contributed by atoms with Gasteiger partial charge in [0.05, 0.1) is 10.7 Å². The van der Waals surface area contributed by atoms with Crippen molar-refractivity contribution >= 4 is 22.9 Å². The predicted octanol–water partition coefficient (Wildman–Crippen LogP) is 3.69. The van der Waals surface area contributed by atoms with E-state index in [-0.39, 0.29) is 11.7 Å². The van der Waals surface area contributed by atoms with Crippen LogP contribution >= 0.6 is 11.3 Å². The van der Waals surface area contributed by atoms with Crippen molar-refractivity contribution < 1.29 is 9.18 Å². The molecule has 0 bridgehead atoms. The first-order chi connectivity index (χ1) is 12.0. The minimum atomic E-state index is -0.222. The number of carbonyl (C=O) groups is 1. The second-order valence-corrected chi connectivity index (χ2v) is 7.61. The van der Waals surface area contributed by atoms with Crippen molar-refractivity contribution in [3.8, 4) is 0 Å². The Hall–Kier alpha value is -1.95. The maximum Gasteiger partial charge on any atom is 0.223 e. The molecular weight excluding hydrogens is 337 g/mol. The summed E-state index contributed by atoms with van der Waals surface area (Å²) in [5, 5.41) is 3.13. The van der Waals surface area contributed by atoms with E-state index in [9.17, 15) is 9.18 Å². The van der Waals surface area contributed by atoms with E-state index in [1.165, 1.54) is 12.1 Å². The number of anilines is 1. The smallest absolute Gasteiger partial charge is 0.223 e. The maximum absolute atomic E-state index is 13.0. The molecule has 1 saturated heterocycles. The van der Waals surface area contributed by atoms with Crippen LogP contribution in [0, 0.1) is 5.82 Å². The van der Waals surface area contributed by atoms with Crippen LogP contribution in [0.25, 0.3) is 0 Å². The fraction of sp³-hybridized carbons (Fsp3) is 0.474. The first kappa shape index (κ1) is 17.9. The largest absolute Gasteiger partial charge is 0.368 e. The van der Waals surface area contributed by atoms with Crippen molar-refractivity contribution in [3.63, 3.8) is 0 Å². The molecular formula is C19H24FN3OS. The van der Waals surface area contributed by atoms with E-state index in [4.69, 9.17) is 0 Å². The molecule has 0 spiro atoms. The van der Waals surface area contributed by atoms with E-state index >= 15 is 0 Å². The number of amides is 1. The molecule has 6 heteroatoms. The van der Waals surface area contributed by atoms with Crippen LogP contribution in [0.2, 0.25) is 0 Å². The number of hydrogen-bond donors (Lipinski definition) is 0. The number of rotatable bonds is 5. The van der Waals surface area contributed by atoms with Gasteiger partial charge >= 0.3 is 0 Å². The number of thiazole rings is 1. The normalized spacial score (nSPS) is 15.0. The highest BCUT2D eigenvalue weighted by atomic mass is 32.1. The van der Waals surface area contributed by atoms with Crippen LogP contribution in [0.1, 0.15) is 36.9 Å². The molecule has 0 unspecified atom stereocenters. The van der Waals surface area contributed by atoms with Gasteiger partial charge in [-0.25, -0.2) is 9.37 Å². The number of piperazine rings is 1. The number of aryl methyl sites for hydroxylation is 1. The maximum atomic E-state index is 13.0. The number of halogens is 1. The zero-order valence-electron chi connectivity index (χ0n) is 14.7. The lowest BCUT2D eigenvalue weighted by Gasteiger charge is -2.36. The van der Waals surface area contributed by atoms with Crippen LogP contribution in [0.3, 0.4) is 0 Å². The molecule has 1 aromatic heterocycles. The Morgan fingerprint density at radius 1 is 1.20 bits per heavy atom. The molecule has 0 aliphatic carbocycles. The van der Waals surface area contributed by atoms with Crippen LogP contribution in [0.15, 0.2) is 29.6 Å². The molecule has 1 aromatic carbocycles. The Bertz CT molecular complexity index is 706. The van der Waals surface area contributed by atoms with Gasteiger partial charge in [-0.2, -0.15) is 0 Å². The summed E-state index contributed by atoms with van der Waals surface area (Å²) in [6.07, 6.45) is 1.23. The van der Waals surface area contributed by atoms with Crippen molar-refractivity contribution in [2.24, 2.45) is 0 Å². The molecule has 1 aliphatic heterocycles. The fourth-order valence-corrected chi connectivity index (χ4v) is 3.90. The lowest BCUT2D eigenvalue weighted by Crippen LogP contribution is -2.48. The Morgan fingerprint density at radius 3 is 2.48 bits per heavy atom. The third-order valence-corrected chi connectivity index (χ3v) is 5.46. The van der Waals surface area contributed by atoms with E-state index in [0.29, 0.717) is 31.8 Å². The molecule has 3 rings (SSSR count). The zero-order chi connectivity index (χ0) is 17.8. The molecule has 25 heavy (non-hydrogen) atoms. The molecule has 0 saturated carbocycles. The second kappa shape index (κ2) is 7.95. The molecule has 1 amide bonds. The van der Waals surface area contributed by atoms with Gasteiger partial charge in [0.1, 0.15) is 5.82 Å². The summed E-state index contributed by atoms with van der Waals surface area (Å²) in [6, 6.07) is 6.54. The molecule has 2 heterocycles. The molecule has 1 aliphatic rings. The lowest BCUT2D eigenvalue weighted by molar-refractivity contribution is -0.131. The van der Waals surface area contributed by atoms with Crippen molar-refractivity contribution in [3.05, 3.63) is 46.2 Å². The highest BCUT2D eigenvalue weighted by Gasteiger charge is 2.21. The van der Waals surface area contributed by atoms with Crippen LogP contribution in [-0.4, -0.2) is 42.0 Å². The van der Waals surface area contributed by atoms with Gasteiger partial charge in [0.15, 0.2) is 0 Å². The molecule has 1 fully saturated rings. The van der Waals surface area contributed by atoms with Gasteiger partial charge in [0, 0.05) is 50.1 Å². The molecule has 2 aromatic rings. The topological polar surface area (TPSA) is 36.4 Å². The van der Waals surface area contributed by atoms with E-state index in [1.54, 1.807) is 23.5 Å². The van der Waals surface area contributed by atoms with Gasteiger partial charge in [-0.15, -0.1) is 11.3 Å². The second-order valence-electron chi connectivity index (χ2n) is 6.67. The van der Waals surface area contributed by atoms with Crippen LogP contribution in [-0.2, 0) is 11.2 Å². The van der Waals surface area contributed by atoms with Gasteiger partial charge < -0.3 is 9.80 Å². The average Bonchev–Trinajstić information content (AvgIpc) is 3.10. The Kier molecular flexibility index (Phi) is 5.68. The molecule has 4 nitrogen and oxygen atoms in total. The first-order valence-corrected chi connectivity index (χ1v) is 9.63. The number of hydrogen-bond acceptors (Lipinski definition) is 4. The monoisotopic (exact) mass is 361 g/mol. The third-order valence-electron chi connectivity index (χ3n) is 4.54. The predicted molar refractivity (Wildman–Crippen MR) is 99.7 cm³/mol. The quantitative estimate of drug-likeness (QED) is 0.815. The molecule has 0 N–H and O–H groups in total. The summed E-state index contributed by atoms with van der Waals surface area (Å²) in [5.74, 6) is 0.403. The van der Waals surface area contributed by atoms with E-state index in [2.05, 4.69) is 29.1 Å². The lowest BCUT2D eigenvalue weighted by atomic mass is 10.2.